The van der Waals surface area contributed by atoms with Crippen molar-refractivity contribution in [2.75, 3.05) is 0 Å². The molecular weight excluding hydrogens is 168 g/mol. The van der Waals surface area contributed by atoms with E-state index in [1.54, 1.807) is 0 Å². The van der Waals surface area contributed by atoms with Gasteiger partial charge in [-0.3, -0.25) is 0 Å². The highest BCUT2D eigenvalue weighted by atomic mass is 14.3. The van der Waals surface area contributed by atoms with Crippen LogP contribution in [-0.2, 0) is 0 Å². The molecule has 0 spiro atoms. The maximum atomic E-state index is 2.40. The van der Waals surface area contributed by atoms with Gasteiger partial charge in [0.25, 0.3) is 0 Å². The summed E-state index contributed by atoms with van der Waals surface area (Å²) < 4.78 is 0. The van der Waals surface area contributed by atoms with Crippen LogP contribution >= 0.6 is 0 Å². The van der Waals surface area contributed by atoms with Gasteiger partial charge in [0.2, 0.25) is 0 Å². The van der Waals surface area contributed by atoms with Crippen LogP contribution in [0.15, 0.2) is 0 Å². The first-order valence-electron chi connectivity index (χ1n) is 6.67. The van der Waals surface area contributed by atoms with Gasteiger partial charge in [-0.1, -0.05) is 66.7 Å². The monoisotopic (exact) mass is 198 g/mol. The molecule has 0 aliphatic heterocycles. The molecule has 0 nitrogen and oxygen atoms in total. The average Bonchev–Trinajstić information content (AvgIpc) is 2.16. The second-order valence-electron chi connectivity index (χ2n) is 5.01. The first-order valence-corrected chi connectivity index (χ1v) is 6.67. The average molecular weight is 198 g/mol. The molecule has 0 saturated heterocycles. The van der Waals surface area contributed by atoms with Crippen LogP contribution in [0.2, 0.25) is 0 Å². The van der Waals surface area contributed by atoms with E-state index in [1.165, 1.54) is 38.5 Å². The molecule has 0 aromatic heterocycles. The minimum Gasteiger partial charge on any atom is -0.0654 e. The Balaban J connectivity index is 4.12. The molecule has 0 rings (SSSR count). The Bertz CT molecular complexity index is 115. The van der Waals surface area contributed by atoms with E-state index in [0.29, 0.717) is 0 Å². The normalized spacial score (nSPS) is 15.9. The van der Waals surface area contributed by atoms with Crippen molar-refractivity contribution in [1.29, 1.82) is 0 Å². The summed E-state index contributed by atoms with van der Waals surface area (Å²) in [6.45, 7) is 11.8. The number of unbranched alkanes of at least 4 members (excludes halogenated alkanes) is 1. The van der Waals surface area contributed by atoms with E-state index in [4.69, 9.17) is 0 Å². The van der Waals surface area contributed by atoms with E-state index in [-0.39, 0.29) is 0 Å². The Morgan fingerprint density at radius 1 is 0.857 bits per heavy atom. The summed E-state index contributed by atoms with van der Waals surface area (Å²) in [6.07, 6.45) is 8.39. The van der Waals surface area contributed by atoms with Crippen molar-refractivity contribution in [2.24, 2.45) is 17.8 Å². The molecule has 0 saturated carbocycles. The van der Waals surface area contributed by atoms with Gasteiger partial charge in [0.15, 0.2) is 0 Å². The summed E-state index contributed by atoms with van der Waals surface area (Å²) in [5.74, 6) is 2.82. The second-order valence-corrected chi connectivity index (χ2v) is 5.01. The first-order chi connectivity index (χ1) is 6.67. The van der Waals surface area contributed by atoms with E-state index in [9.17, 15) is 0 Å². The topological polar surface area (TPSA) is 0 Å². The lowest BCUT2D eigenvalue weighted by Crippen LogP contribution is -2.19. The Labute approximate surface area is 91.5 Å². The number of rotatable bonds is 8. The standard InChI is InChI=1S/C14H30/c1-6-9-11-14(12(4)5)13(8-3)10-7-2/h12-14H,6-11H2,1-5H3. The molecule has 2 atom stereocenters. The minimum absolute atomic E-state index is 0.873. The molecule has 0 amide bonds. The summed E-state index contributed by atoms with van der Waals surface area (Å²) in [5, 5.41) is 0. The second kappa shape index (κ2) is 8.32. The molecule has 0 heterocycles. The third kappa shape index (κ3) is 5.02. The number of hydrogen-bond donors (Lipinski definition) is 0. The van der Waals surface area contributed by atoms with Crippen molar-refractivity contribution >= 4 is 0 Å². The van der Waals surface area contributed by atoms with Crippen LogP contribution in [0.25, 0.3) is 0 Å². The van der Waals surface area contributed by atoms with Crippen LogP contribution in [0.5, 0.6) is 0 Å². The van der Waals surface area contributed by atoms with Gasteiger partial charge in [0.1, 0.15) is 0 Å². The lowest BCUT2D eigenvalue weighted by molar-refractivity contribution is 0.213. The van der Waals surface area contributed by atoms with Gasteiger partial charge >= 0.3 is 0 Å². The molecular formula is C14H30. The molecule has 2 unspecified atom stereocenters. The maximum absolute atomic E-state index is 2.40. The van der Waals surface area contributed by atoms with Crippen molar-refractivity contribution in [3.05, 3.63) is 0 Å². The fourth-order valence-corrected chi connectivity index (χ4v) is 2.64. The Hall–Kier alpha value is 0. The largest absolute Gasteiger partial charge is 0.0654 e. The van der Waals surface area contributed by atoms with Gasteiger partial charge in [0.05, 0.1) is 0 Å². The maximum Gasteiger partial charge on any atom is -0.0363 e. The fourth-order valence-electron chi connectivity index (χ4n) is 2.64. The van der Waals surface area contributed by atoms with Crippen LogP contribution in [0.1, 0.15) is 73.1 Å². The smallest absolute Gasteiger partial charge is 0.0363 e. The Kier molecular flexibility index (Phi) is 8.32. The van der Waals surface area contributed by atoms with Gasteiger partial charge in [-0.05, 0) is 24.2 Å². The highest BCUT2D eigenvalue weighted by Crippen LogP contribution is 2.31. The van der Waals surface area contributed by atoms with Crippen LogP contribution in [0, 0.1) is 17.8 Å². The van der Waals surface area contributed by atoms with E-state index < -0.39 is 0 Å². The fraction of sp³-hybridized carbons (Fsp3) is 1.00. The molecule has 0 aliphatic carbocycles. The van der Waals surface area contributed by atoms with Gasteiger partial charge in [-0.25, -0.2) is 0 Å². The zero-order chi connectivity index (χ0) is 11.0. The van der Waals surface area contributed by atoms with E-state index in [1.807, 2.05) is 0 Å². The molecule has 0 heteroatoms. The predicted octanol–water partition coefficient (Wildman–Crippen LogP) is 5.28. The Morgan fingerprint density at radius 3 is 1.86 bits per heavy atom. The molecule has 14 heavy (non-hydrogen) atoms. The SMILES string of the molecule is CCCCC(C(C)C)C(CC)CCC. The molecule has 86 valence electrons. The molecule has 0 aromatic carbocycles. The summed E-state index contributed by atoms with van der Waals surface area (Å²) in [6, 6.07) is 0. The zero-order valence-corrected chi connectivity index (χ0v) is 11.0. The summed E-state index contributed by atoms with van der Waals surface area (Å²) in [5.41, 5.74) is 0. The molecule has 0 fully saturated rings. The quantitative estimate of drug-likeness (QED) is 0.498. The highest BCUT2D eigenvalue weighted by Gasteiger charge is 2.21. The first kappa shape index (κ1) is 14.0. The third-order valence-electron chi connectivity index (χ3n) is 3.54. The lowest BCUT2D eigenvalue weighted by Gasteiger charge is -2.29. The zero-order valence-electron chi connectivity index (χ0n) is 11.0. The molecule has 0 aliphatic rings. The Morgan fingerprint density at radius 2 is 1.50 bits per heavy atom. The van der Waals surface area contributed by atoms with Crippen molar-refractivity contribution < 1.29 is 0 Å². The van der Waals surface area contributed by atoms with E-state index in [2.05, 4.69) is 34.6 Å². The summed E-state index contributed by atoms with van der Waals surface area (Å²) >= 11 is 0. The van der Waals surface area contributed by atoms with Gasteiger partial charge in [-0.2, -0.15) is 0 Å². The summed E-state index contributed by atoms with van der Waals surface area (Å²) in [4.78, 5) is 0. The predicted molar refractivity (Wildman–Crippen MR) is 66.5 cm³/mol. The summed E-state index contributed by atoms with van der Waals surface area (Å²) in [7, 11) is 0. The molecule has 0 aromatic rings. The van der Waals surface area contributed by atoms with Gasteiger partial charge in [0, 0.05) is 0 Å². The van der Waals surface area contributed by atoms with Gasteiger partial charge in [-0.15, -0.1) is 0 Å². The van der Waals surface area contributed by atoms with Crippen molar-refractivity contribution in [3.63, 3.8) is 0 Å². The van der Waals surface area contributed by atoms with Crippen molar-refractivity contribution in [3.8, 4) is 0 Å². The molecule has 0 radical (unpaired) electrons. The minimum atomic E-state index is 0.873. The van der Waals surface area contributed by atoms with E-state index >= 15 is 0 Å². The molecule has 0 bridgehead atoms. The van der Waals surface area contributed by atoms with Crippen LogP contribution in [0.4, 0.5) is 0 Å². The van der Waals surface area contributed by atoms with Crippen LogP contribution < -0.4 is 0 Å². The van der Waals surface area contributed by atoms with Gasteiger partial charge < -0.3 is 0 Å². The highest BCUT2D eigenvalue weighted by molar-refractivity contribution is 4.72. The third-order valence-corrected chi connectivity index (χ3v) is 3.54. The molecule has 0 N–H and O–H groups in total. The van der Waals surface area contributed by atoms with E-state index in [0.717, 1.165) is 17.8 Å². The van der Waals surface area contributed by atoms with Crippen LogP contribution in [0.3, 0.4) is 0 Å². The van der Waals surface area contributed by atoms with Crippen molar-refractivity contribution in [2.45, 2.75) is 73.1 Å². The van der Waals surface area contributed by atoms with Crippen molar-refractivity contribution in [1.82, 2.24) is 0 Å². The number of hydrogen-bond acceptors (Lipinski definition) is 0. The van der Waals surface area contributed by atoms with Crippen LogP contribution in [-0.4, -0.2) is 0 Å². The lowest BCUT2D eigenvalue weighted by atomic mass is 9.76.